The van der Waals surface area contributed by atoms with Crippen molar-refractivity contribution in [2.45, 2.75) is 38.9 Å². The van der Waals surface area contributed by atoms with Crippen molar-refractivity contribution in [1.29, 1.82) is 0 Å². The first-order valence-electron chi connectivity index (χ1n) is 9.49. The van der Waals surface area contributed by atoms with Gasteiger partial charge in [0.2, 0.25) is 5.91 Å². The lowest BCUT2D eigenvalue weighted by molar-refractivity contribution is -0.119. The van der Waals surface area contributed by atoms with Crippen molar-refractivity contribution >= 4 is 23.5 Å². The van der Waals surface area contributed by atoms with E-state index in [-0.39, 0.29) is 17.7 Å². The van der Waals surface area contributed by atoms with Gasteiger partial charge in [0.1, 0.15) is 0 Å². The molecule has 0 saturated heterocycles. The summed E-state index contributed by atoms with van der Waals surface area (Å²) in [6, 6.07) is 13.6. The Morgan fingerprint density at radius 1 is 1.14 bits per heavy atom. The number of ketones is 1. The molecule has 1 amide bonds. The summed E-state index contributed by atoms with van der Waals surface area (Å²) in [5, 5.41) is 3.64. The van der Waals surface area contributed by atoms with Gasteiger partial charge in [-0.15, -0.1) is 0 Å². The Balaban J connectivity index is 1.68. The standard InChI is InChI=1S/C23H25N3O2S/c1-15-5-6-16(2)21(13-15)26-12-11-24-23(26)29-14-22(28)20-9-7-19(8-10-20)17(3)25-18(4)27/h5-13,17H,14H2,1-4H3,(H,25,27)/t17-/m0/s1. The van der Waals surface area contributed by atoms with E-state index in [2.05, 4.69) is 42.3 Å². The van der Waals surface area contributed by atoms with Crippen molar-refractivity contribution in [3.05, 3.63) is 77.1 Å². The van der Waals surface area contributed by atoms with Crippen molar-refractivity contribution in [1.82, 2.24) is 14.9 Å². The summed E-state index contributed by atoms with van der Waals surface area (Å²) in [7, 11) is 0. The third-order valence-corrected chi connectivity index (χ3v) is 5.68. The van der Waals surface area contributed by atoms with Crippen LogP contribution in [0, 0.1) is 13.8 Å². The first kappa shape index (κ1) is 20.9. The maximum absolute atomic E-state index is 12.6. The number of carbonyl (C=O) groups is 2. The number of benzene rings is 2. The van der Waals surface area contributed by atoms with E-state index in [0.29, 0.717) is 11.3 Å². The highest BCUT2D eigenvalue weighted by Crippen LogP contribution is 2.24. The monoisotopic (exact) mass is 407 g/mol. The molecule has 5 nitrogen and oxygen atoms in total. The summed E-state index contributed by atoms with van der Waals surface area (Å²) < 4.78 is 2.03. The van der Waals surface area contributed by atoms with Crippen LogP contribution in [-0.4, -0.2) is 27.0 Å². The first-order chi connectivity index (χ1) is 13.8. The molecular formula is C23H25N3O2S. The molecule has 0 bridgehead atoms. The molecule has 3 aromatic rings. The SMILES string of the molecule is CC(=O)N[C@@H](C)c1ccc(C(=O)CSc2nccn2-c2cc(C)ccc2C)cc1. The van der Waals surface area contributed by atoms with Gasteiger partial charge in [0, 0.05) is 24.9 Å². The Morgan fingerprint density at radius 2 is 1.86 bits per heavy atom. The Morgan fingerprint density at radius 3 is 2.55 bits per heavy atom. The molecular weight excluding hydrogens is 382 g/mol. The van der Waals surface area contributed by atoms with Gasteiger partial charge in [0.25, 0.3) is 0 Å². The zero-order chi connectivity index (χ0) is 21.0. The molecule has 0 saturated carbocycles. The van der Waals surface area contributed by atoms with Crippen LogP contribution in [0.3, 0.4) is 0 Å². The highest BCUT2D eigenvalue weighted by molar-refractivity contribution is 7.99. The molecule has 3 rings (SSSR count). The molecule has 2 aromatic carbocycles. The Labute approximate surface area is 175 Å². The summed E-state index contributed by atoms with van der Waals surface area (Å²) in [5.74, 6) is 0.278. The molecule has 0 aliphatic rings. The van der Waals surface area contributed by atoms with Crippen molar-refractivity contribution in [3.63, 3.8) is 0 Å². The van der Waals surface area contributed by atoms with Gasteiger partial charge in [-0.3, -0.25) is 14.2 Å². The van der Waals surface area contributed by atoms with Crippen molar-refractivity contribution in [2.75, 3.05) is 5.75 Å². The molecule has 0 radical (unpaired) electrons. The number of aryl methyl sites for hydroxylation is 2. The number of nitrogens with zero attached hydrogens (tertiary/aromatic N) is 2. The lowest BCUT2D eigenvalue weighted by Gasteiger charge is -2.13. The van der Waals surface area contributed by atoms with E-state index >= 15 is 0 Å². The second kappa shape index (κ2) is 9.09. The topological polar surface area (TPSA) is 64.0 Å². The van der Waals surface area contributed by atoms with Crippen molar-refractivity contribution < 1.29 is 9.59 Å². The van der Waals surface area contributed by atoms with Crippen molar-refractivity contribution in [3.8, 4) is 5.69 Å². The average Bonchev–Trinajstić information content (AvgIpc) is 3.16. The summed E-state index contributed by atoms with van der Waals surface area (Å²) in [6.07, 6.45) is 3.68. The Kier molecular flexibility index (Phi) is 6.54. The molecule has 150 valence electrons. The second-order valence-corrected chi connectivity index (χ2v) is 8.07. The van der Waals surface area contributed by atoms with Crippen LogP contribution in [0.15, 0.2) is 60.0 Å². The maximum Gasteiger partial charge on any atom is 0.217 e. The molecule has 29 heavy (non-hydrogen) atoms. The molecule has 1 heterocycles. The Bertz CT molecular complexity index is 1020. The van der Waals surface area contributed by atoms with E-state index < -0.39 is 0 Å². The summed E-state index contributed by atoms with van der Waals surface area (Å²) in [5.41, 5.74) is 5.04. The highest BCUT2D eigenvalue weighted by atomic mass is 32.2. The van der Waals surface area contributed by atoms with Gasteiger partial charge in [-0.1, -0.05) is 48.2 Å². The van der Waals surface area contributed by atoms with E-state index in [1.165, 1.54) is 24.2 Å². The third-order valence-electron chi connectivity index (χ3n) is 4.72. The smallest absolute Gasteiger partial charge is 0.217 e. The van der Waals surface area contributed by atoms with Crippen LogP contribution in [0.1, 0.15) is 46.9 Å². The molecule has 0 aliphatic carbocycles. The van der Waals surface area contributed by atoms with Crippen LogP contribution in [0.25, 0.3) is 5.69 Å². The Hall–Kier alpha value is -2.86. The second-order valence-electron chi connectivity index (χ2n) is 7.13. The number of thioether (sulfide) groups is 1. The highest BCUT2D eigenvalue weighted by Gasteiger charge is 2.13. The fourth-order valence-corrected chi connectivity index (χ4v) is 3.98. The number of rotatable bonds is 7. The third kappa shape index (κ3) is 5.15. The van der Waals surface area contributed by atoms with Gasteiger partial charge in [-0.25, -0.2) is 4.98 Å². The molecule has 1 atom stereocenters. The number of amides is 1. The van der Waals surface area contributed by atoms with Gasteiger partial charge in [0.05, 0.1) is 17.5 Å². The van der Waals surface area contributed by atoms with E-state index in [4.69, 9.17) is 0 Å². The van der Waals surface area contributed by atoms with Crippen LogP contribution in [0.2, 0.25) is 0 Å². The number of carbonyl (C=O) groups excluding carboxylic acids is 2. The summed E-state index contributed by atoms with van der Waals surface area (Å²) >= 11 is 1.43. The van der Waals surface area contributed by atoms with Crippen molar-refractivity contribution in [2.24, 2.45) is 0 Å². The minimum atomic E-state index is -0.0870. The van der Waals surface area contributed by atoms with Gasteiger partial charge in [-0.05, 0) is 43.5 Å². The number of hydrogen-bond acceptors (Lipinski definition) is 4. The molecule has 1 aromatic heterocycles. The molecule has 0 unspecified atom stereocenters. The van der Waals surface area contributed by atoms with Crippen LogP contribution in [0.4, 0.5) is 0 Å². The average molecular weight is 408 g/mol. The quantitative estimate of drug-likeness (QED) is 0.457. The molecule has 0 aliphatic heterocycles. The number of hydrogen-bond donors (Lipinski definition) is 1. The molecule has 1 N–H and O–H groups in total. The van der Waals surface area contributed by atoms with E-state index in [0.717, 1.165) is 22.0 Å². The molecule has 6 heteroatoms. The zero-order valence-electron chi connectivity index (χ0n) is 17.1. The van der Waals surface area contributed by atoms with Gasteiger partial charge >= 0.3 is 0 Å². The fourth-order valence-electron chi connectivity index (χ4n) is 3.12. The lowest BCUT2D eigenvalue weighted by Crippen LogP contribution is -2.23. The minimum absolute atomic E-state index is 0.0456. The minimum Gasteiger partial charge on any atom is -0.350 e. The number of aromatic nitrogens is 2. The molecule has 0 fully saturated rings. The van der Waals surface area contributed by atoms with Gasteiger partial charge in [0.15, 0.2) is 10.9 Å². The fraction of sp³-hybridized carbons (Fsp3) is 0.261. The first-order valence-corrected chi connectivity index (χ1v) is 10.5. The largest absolute Gasteiger partial charge is 0.350 e. The van der Waals surface area contributed by atoms with E-state index in [1.807, 2.05) is 42.0 Å². The van der Waals surface area contributed by atoms with Crippen LogP contribution < -0.4 is 5.32 Å². The number of nitrogens with one attached hydrogen (secondary N) is 1. The predicted molar refractivity (Wildman–Crippen MR) is 117 cm³/mol. The molecule has 0 spiro atoms. The zero-order valence-corrected chi connectivity index (χ0v) is 17.9. The van der Waals surface area contributed by atoms with E-state index in [1.54, 1.807) is 6.20 Å². The lowest BCUT2D eigenvalue weighted by atomic mass is 10.0. The van der Waals surface area contributed by atoms with Crippen LogP contribution >= 0.6 is 11.8 Å². The number of imidazole rings is 1. The van der Waals surface area contributed by atoms with Gasteiger partial charge in [-0.2, -0.15) is 0 Å². The van der Waals surface area contributed by atoms with Gasteiger partial charge < -0.3 is 5.32 Å². The number of Topliss-reactive ketones (excluding diaryl/α,β-unsaturated/α-hetero) is 1. The summed E-state index contributed by atoms with van der Waals surface area (Å²) in [6.45, 7) is 7.54. The van der Waals surface area contributed by atoms with Crippen LogP contribution in [-0.2, 0) is 4.79 Å². The summed E-state index contributed by atoms with van der Waals surface area (Å²) in [4.78, 5) is 28.3. The normalized spacial score (nSPS) is 11.9. The predicted octanol–water partition coefficient (Wildman–Crippen LogP) is 4.66. The van der Waals surface area contributed by atoms with Crippen LogP contribution in [0.5, 0.6) is 0 Å². The maximum atomic E-state index is 12.6. The van der Waals surface area contributed by atoms with E-state index in [9.17, 15) is 9.59 Å².